The minimum Gasteiger partial charge on any atom is -0.493 e. The van der Waals surface area contributed by atoms with Crippen LogP contribution in [-0.4, -0.2) is 126 Å². The Morgan fingerprint density at radius 1 is 0.769 bits per heavy atom. The molecule has 0 bridgehead atoms. The summed E-state index contributed by atoms with van der Waals surface area (Å²) in [6, 6.07) is 7.79. The third kappa shape index (κ3) is 8.98. The van der Waals surface area contributed by atoms with Gasteiger partial charge in [-0.3, -0.25) is 9.59 Å². The number of nitrogens with zero attached hydrogens (tertiary/aromatic N) is 10. The lowest BCUT2D eigenvalue weighted by Crippen LogP contribution is -2.41. The summed E-state index contributed by atoms with van der Waals surface area (Å²) in [6.45, 7) is 1.93. The second-order valence-electron chi connectivity index (χ2n) is 16.4. The molecule has 20 heteroatoms. The number of hydrogen-bond acceptors (Lipinski definition) is 16. The number of pyridine rings is 2. The first-order valence-electron chi connectivity index (χ1n) is 21.5. The number of aryl methyl sites for hydroxylation is 2. The van der Waals surface area contributed by atoms with Gasteiger partial charge < -0.3 is 40.1 Å². The van der Waals surface area contributed by atoms with Crippen LogP contribution in [0.4, 0.5) is 23.0 Å². The zero-order valence-corrected chi connectivity index (χ0v) is 38.2. The Balaban J connectivity index is 0.000000170. The Morgan fingerprint density at radius 2 is 1.29 bits per heavy atom. The number of thiophene rings is 2. The van der Waals surface area contributed by atoms with Gasteiger partial charge in [0.1, 0.15) is 34.0 Å². The van der Waals surface area contributed by atoms with Gasteiger partial charge in [-0.2, -0.15) is 10.2 Å². The van der Waals surface area contributed by atoms with Crippen molar-refractivity contribution in [1.29, 1.82) is 0 Å². The second kappa shape index (κ2) is 18.9. The maximum absolute atomic E-state index is 13.4. The molecule has 0 saturated heterocycles. The number of aliphatic hydroxyl groups is 1. The Morgan fingerprint density at radius 3 is 1.78 bits per heavy atom. The summed E-state index contributed by atoms with van der Waals surface area (Å²) in [5, 5.41) is 36.3. The standard InChI is InChI=1S/C26H33N7O3S.C19H17N5O3S/c1-31(2)9-4-10-32(11-12-34)26(35)17-5-6-19-22(13-17)37-25-23(19)24(27-16-28-25)30-20-14-18-7-8-29-33(18)15-21(20)36-3;1-27-14-8-24-11(4-5-22-24)7-13(14)23-17-16-12-3-2-10(19(25)26)6-15(12)28-18(16)21-9-20-17/h7-8,14-17,34H,4-6,9-13H2,1-3H3,(H,27,28,30);4-5,7-10H,2-3,6H2,1H3,(H,25,26)(H,20,21,23)/t17-;10-/m00/s1. The van der Waals surface area contributed by atoms with Gasteiger partial charge in [0.2, 0.25) is 5.91 Å². The zero-order chi connectivity index (χ0) is 45.2. The van der Waals surface area contributed by atoms with Gasteiger partial charge in [0.15, 0.2) is 11.5 Å². The molecule has 0 radical (unpaired) electrons. The minimum absolute atomic E-state index is 0.0201. The molecule has 4 N–H and O–H groups in total. The van der Waals surface area contributed by atoms with Crippen LogP contribution in [0, 0.1) is 11.8 Å². The van der Waals surface area contributed by atoms with Crippen molar-refractivity contribution in [3.8, 4) is 11.5 Å². The summed E-state index contributed by atoms with van der Waals surface area (Å²) < 4.78 is 14.6. The number of hydrogen-bond donors (Lipinski definition) is 4. The first-order chi connectivity index (χ1) is 31.6. The summed E-state index contributed by atoms with van der Waals surface area (Å²) in [5.41, 5.74) is 5.85. The highest BCUT2D eigenvalue weighted by molar-refractivity contribution is 7.19. The van der Waals surface area contributed by atoms with E-state index in [4.69, 9.17) is 9.47 Å². The topological polar surface area (TPSA) is 210 Å². The quantitative estimate of drug-likeness (QED) is 0.0951. The summed E-state index contributed by atoms with van der Waals surface area (Å²) in [6.07, 6.45) is 15.3. The predicted octanol–water partition coefficient (Wildman–Crippen LogP) is 6.25. The van der Waals surface area contributed by atoms with Gasteiger partial charge in [0.05, 0.1) is 72.3 Å². The van der Waals surface area contributed by atoms with E-state index >= 15 is 0 Å². The van der Waals surface area contributed by atoms with Crippen molar-refractivity contribution in [3.63, 3.8) is 0 Å². The van der Waals surface area contributed by atoms with Crippen LogP contribution >= 0.6 is 22.7 Å². The number of amides is 1. The molecule has 0 unspecified atom stereocenters. The molecule has 18 nitrogen and oxygen atoms in total. The van der Waals surface area contributed by atoms with Crippen molar-refractivity contribution in [2.24, 2.45) is 11.8 Å². The van der Waals surface area contributed by atoms with Gasteiger partial charge in [-0.15, -0.1) is 22.7 Å². The summed E-state index contributed by atoms with van der Waals surface area (Å²) in [4.78, 5) is 50.8. The number of aliphatic carboxylic acids is 1. The van der Waals surface area contributed by atoms with Gasteiger partial charge in [0, 0.05) is 41.2 Å². The number of methoxy groups -OCH3 is 2. The Kier molecular flexibility index (Phi) is 12.7. The lowest BCUT2D eigenvalue weighted by Gasteiger charge is -2.29. The van der Waals surface area contributed by atoms with Crippen LogP contribution in [0.2, 0.25) is 0 Å². The first-order valence-corrected chi connectivity index (χ1v) is 23.1. The Bertz CT molecular complexity index is 3020. The number of aliphatic hydroxyl groups excluding tert-OH is 1. The van der Waals surface area contributed by atoms with E-state index < -0.39 is 5.97 Å². The van der Waals surface area contributed by atoms with Gasteiger partial charge in [-0.05, 0) is 101 Å². The largest absolute Gasteiger partial charge is 0.493 e. The summed E-state index contributed by atoms with van der Waals surface area (Å²) >= 11 is 3.20. The van der Waals surface area contributed by atoms with Gasteiger partial charge in [-0.1, -0.05) is 0 Å². The highest BCUT2D eigenvalue weighted by Gasteiger charge is 2.32. The average molecular weight is 919 g/mol. The highest BCUT2D eigenvalue weighted by atomic mass is 32.1. The minimum atomic E-state index is -0.730. The Labute approximate surface area is 381 Å². The van der Waals surface area contributed by atoms with Crippen molar-refractivity contribution < 1.29 is 29.3 Å². The van der Waals surface area contributed by atoms with E-state index in [0.717, 1.165) is 84.9 Å². The number of aromatic nitrogens is 8. The van der Waals surface area contributed by atoms with Crippen molar-refractivity contribution in [2.45, 2.75) is 44.9 Å². The van der Waals surface area contributed by atoms with Crippen LogP contribution in [0.3, 0.4) is 0 Å². The first kappa shape index (κ1) is 43.8. The number of rotatable bonds is 14. The highest BCUT2D eigenvalue weighted by Crippen LogP contribution is 2.43. The summed E-state index contributed by atoms with van der Waals surface area (Å²) in [5.74, 6) is 1.76. The molecule has 0 aromatic carbocycles. The maximum Gasteiger partial charge on any atom is 0.306 e. The number of nitrogens with one attached hydrogen (secondary N) is 2. The molecule has 2 aliphatic carbocycles. The van der Waals surface area contributed by atoms with Crippen molar-refractivity contribution >= 4 is 89.0 Å². The molecule has 2 aliphatic rings. The molecule has 65 heavy (non-hydrogen) atoms. The molecule has 0 fully saturated rings. The van der Waals surface area contributed by atoms with Crippen molar-refractivity contribution in [2.75, 3.05) is 65.2 Å². The number of anilines is 4. The number of fused-ring (bicyclic) bond motifs is 8. The number of ether oxygens (including phenoxy) is 2. The number of carbonyl (C=O) groups excluding carboxylic acids is 1. The van der Waals surface area contributed by atoms with Crippen molar-refractivity contribution in [3.05, 3.63) is 82.6 Å². The van der Waals surface area contributed by atoms with Crippen LogP contribution in [-0.2, 0) is 35.3 Å². The third-order valence-electron chi connectivity index (χ3n) is 12.0. The van der Waals surface area contributed by atoms with E-state index in [1.165, 1.54) is 16.8 Å². The van der Waals surface area contributed by atoms with Gasteiger partial charge >= 0.3 is 5.97 Å². The monoisotopic (exact) mass is 918 g/mol. The molecular weight excluding hydrogens is 869 g/mol. The fraction of sp³-hybridized carbons (Fsp3) is 0.378. The molecule has 338 valence electrons. The molecule has 0 saturated carbocycles. The normalized spacial score (nSPS) is 15.7. The van der Waals surface area contributed by atoms with Crippen LogP contribution in [0.15, 0.2) is 61.7 Å². The molecule has 8 aromatic heterocycles. The molecule has 0 aliphatic heterocycles. The van der Waals surface area contributed by atoms with Crippen molar-refractivity contribution in [1.82, 2.24) is 49.0 Å². The van der Waals surface area contributed by atoms with Crippen LogP contribution < -0.4 is 20.1 Å². The smallest absolute Gasteiger partial charge is 0.306 e. The fourth-order valence-corrected chi connectivity index (χ4v) is 11.3. The van der Waals surface area contributed by atoms with Gasteiger partial charge in [0.25, 0.3) is 0 Å². The predicted molar refractivity (Wildman–Crippen MR) is 250 cm³/mol. The molecule has 0 spiro atoms. The average Bonchev–Trinajstić information content (AvgIpc) is 4.12. The lowest BCUT2D eigenvalue weighted by atomic mass is 9.86. The number of carboxylic acids is 1. The van der Waals surface area contributed by atoms with E-state index in [0.29, 0.717) is 56.1 Å². The molecule has 10 rings (SSSR count). The Hall–Kier alpha value is -6.48. The molecular formula is C45H50N12O6S2. The van der Waals surface area contributed by atoms with E-state index in [1.807, 2.05) is 55.7 Å². The third-order valence-corrected chi connectivity index (χ3v) is 14.4. The fourth-order valence-electron chi connectivity index (χ4n) is 8.79. The summed E-state index contributed by atoms with van der Waals surface area (Å²) in [7, 11) is 7.31. The maximum atomic E-state index is 13.4. The van der Waals surface area contributed by atoms with Crippen LogP contribution in [0.25, 0.3) is 31.5 Å². The molecule has 1 amide bonds. The van der Waals surface area contributed by atoms with E-state index in [2.05, 4.69) is 45.7 Å². The van der Waals surface area contributed by atoms with Crippen LogP contribution in [0.5, 0.6) is 11.5 Å². The number of carboxylic acid groups (broad SMARTS) is 1. The second-order valence-corrected chi connectivity index (χ2v) is 18.6. The molecule has 2 atom stereocenters. The van der Waals surface area contributed by atoms with E-state index in [9.17, 15) is 19.8 Å². The van der Waals surface area contributed by atoms with E-state index in [1.54, 1.807) is 64.6 Å². The zero-order valence-electron chi connectivity index (χ0n) is 36.5. The van der Waals surface area contributed by atoms with E-state index in [-0.39, 0.29) is 24.3 Å². The van der Waals surface area contributed by atoms with Crippen LogP contribution in [0.1, 0.15) is 40.1 Å². The number of carbonyl (C=O) groups is 2. The SMILES string of the molecule is COc1cn2nccc2cc1Nc1ncnc2sc3c(c12)CC[C@H](C(=O)N(CCO)CCCN(C)C)C3.COc1cn2nccc2cc1Nc1ncnc2sc3c(c12)CC[C@H](C(=O)O)C3. The molecule has 8 heterocycles. The van der Waals surface area contributed by atoms with Gasteiger partial charge in [-0.25, -0.2) is 29.0 Å². The lowest BCUT2D eigenvalue weighted by molar-refractivity contribution is -0.142. The molecule has 8 aromatic rings.